The van der Waals surface area contributed by atoms with Crippen molar-refractivity contribution in [3.8, 4) is 0 Å². The molecule has 1 aromatic rings. The molecule has 0 spiro atoms. The normalized spacial score (nSPS) is 9.42. The molecule has 0 saturated carbocycles. The van der Waals surface area contributed by atoms with Crippen molar-refractivity contribution in [3.63, 3.8) is 0 Å². The topological polar surface area (TPSA) is 67.3 Å². The van der Waals surface area contributed by atoms with Crippen LogP contribution in [0, 0.1) is 0 Å². The van der Waals surface area contributed by atoms with Crippen LogP contribution in [0.2, 0.25) is 0 Å². The molecule has 5 heteroatoms. The molecule has 0 aliphatic rings. The van der Waals surface area contributed by atoms with Gasteiger partial charge in [0.1, 0.15) is 5.69 Å². The molecule has 0 amide bonds. The van der Waals surface area contributed by atoms with Gasteiger partial charge in [-0.05, 0) is 28.1 Å². The zero-order valence-electron chi connectivity index (χ0n) is 5.82. The van der Waals surface area contributed by atoms with Crippen LogP contribution < -0.4 is 0 Å². The Morgan fingerprint density at radius 1 is 1.42 bits per heavy atom. The minimum absolute atomic E-state index is 0.0642. The van der Waals surface area contributed by atoms with Crippen LogP contribution in [0.3, 0.4) is 0 Å². The summed E-state index contributed by atoms with van der Waals surface area (Å²) in [6.07, 6.45) is 1.37. The molecule has 0 aliphatic heterocycles. The second-order valence-electron chi connectivity index (χ2n) is 2.00. The van der Waals surface area contributed by atoms with Crippen molar-refractivity contribution in [2.24, 2.45) is 0 Å². The molecule has 1 rings (SSSR count). The predicted octanol–water partition coefficient (Wildman–Crippen LogP) is 1.11. The Bertz CT molecular complexity index is 320. The minimum Gasteiger partial charge on any atom is -0.475 e. The van der Waals surface area contributed by atoms with E-state index in [9.17, 15) is 9.59 Å². The van der Waals surface area contributed by atoms with E-state index in [1.165, 1.54) is 12.3 Å². The first kappa shape index (κ1) is 8.86. The van der Waals surface area contributed by atoms with Gasteiger partial charge in [-0.25, -0.2) is 4.79 Å². The SMILES string of the molecule is O=C(O)C(=O)c1ccc(Br)cn1. The summed E-state index contributed by atoms with van der Waals surface area (Å²) in [4.78, 5) is 24.6. The summed E-state index contributed by atoms with van der Waals surface area (Å²) < 4.78 is 0.699. The number of aromatic nitrogens is 1. The third-order valence-electron chi connectivity index (χ3n) is 1.15. The van der Waals surface area contributed by atoms with Gasteiger partial charge >= 0.3 is 5.97 Å². The Kier molecular flexibility index (Phi) is 2.54. The highest BCUT2D eigenvalue weighted by Crippen LogP contribution is 2.07. The fraction of sp³-hybridized carbons (Fsp3) is 0. The molecule has 1 aromatic heterocycles. The van der Waals surface area contributed by atoms with E-state index in [0.29, 0.717) is 4.47 Å². The summed E-state index contributed by atoms with van der Waals surface area (Å²) in [6, 6.07) is 2.91. The summed E-state index contributed by atoms with van der Waals surface area (Å²) in [5.74, 6) is -2.49. The Morgan fingerprint density at radius 3 is 2.50 bits per heavy atom. The molecule has 12 heavy (non-hydrogen) atoms. The Balaban J connectivity index is 2.98. The standard InChI is InChI=1S/C7H4BrNO3/c8-4-1-2-5(9-3-4)6(10)7(11)12/h1-3H,(H,11,12). The van der Waals surface area contributed by atoms with Crippen molar-refractivity contribution in [2.75, 3.05) is 0 Å². The molecular formula is C7H4BrNO3. The summed E-state index contributed by atoms with van der Waals surface area (Å²) in [5, 5.41) is 8.30. The van der Waals surface area contributed by atoms with Gasteiger partial charge in [0.15, 0.2) is 0 Å². The number of carbonyl (C=O) groups is 2. The number of Topliss-reactive ketones (excluding diaryl/α,β-unsaturated/α-hetero) is 1. The molecule has 4 nitrogen and oxygen atoms in total. The van der Waals surface area contributed by atoms with Crippen LogP contribution in [0.1, 0.15) is 10.5 Å². The first-order chi connectivity index (χ1) is 5.61. The number of ketones is 1. The Morgan fingerprint density at radius 2 is 2.08 bits per heavy atom. The minimum atomic E-state index is -1.50. The highest BCUT2D eigenvalue weighted by molar-refractivity contribution is 9.10. The molecule has 0 radical (unpaired) electrons. The molecule has 0 saturated heterocycles. The summed E-state index contributed by atoms with van der Waals surface area (Å²) in [5.41, 5.74) is -0.0642. The van der Waals surface area contributed by atoms with E-state index in [0.717, 1.165) is 0 Å². The quantitative estimate of drug-likeness (QED) is 0.610. The van der Waals surface area contributed by atoms with E-state index >= 15 is 0 Å². The lowest BCUT2D eigenvalue weighted by Gasteiger charge is -1.93. The van der Waals surface area contributed by atoms with Crippen LogP contribution >= 0.6 is 15.9 Å². The van der Waals surface area contributed by atoms with Gasteiger partial charge in [0.2, 0.25) is 0 Å². The maximum atomic E-state index is 10.8. The molecule has 0 aromatic carbocycles. The van der Waals surface area contributed by atoms with E-state index in [4.69, 9.17) is 5.11 Å². The van der Waals surface area contributed by atoms with Gasteiger partial charge in [-0.2, -0.15) is 0 Å². The number of carboxylic acids is 1. The van der Waals surface area contributed by atoms with Crippen molar-refractivity contribution in [2.45, 2.75) is 0 Å². The van der Waals surface area contributed by atoms with Gasteiger partial charge in [-0.15, -0.1) is 0 Å². The van der Waals surface area contributed by atoms with Crippen LogP contribution in [0.25, 0.3) is 0 Å². The van der Waals surface area contributed by atoms with Gasteiger partial charge in [-0.3, -0.25) is 9.78 Å². The number of carboxylic acid groups (broad SMARTS) is 1. The number of hydrogen-bond donors (Lipinski definition) is 1. The van der Waals surface area contributed by atoms with E-state index in [2.05, 4.69) is 20.9 Å². The molecule has 0 aliphatic carbocycles. The monoisotopic (exact) mass is 229 g/mol. The van der Waals surface area contributed by atoms with Crippen LogP contribution in [0.4, 0.5) is 0 Å². The number of aliphatic carboxylic acids is 1. The summed E-state index contributed by atoms with van der Waals surface area (Å²) in [6.45, 7) is 0. The molecule has 0 fully saturated rings. The number of carbonyl (C=O) groups excluding carboxylic acids is 1. The van der Waals surface area contributed by atoms with Crippen molar-refractivity contribution in [3.05, 3.63) is 28.5 Å². The van der Waals surface area contributed by atoms with Crippen molar-refractivity contribution in [1.82, 2.24) is 4.98 Å². The van der Waals surface area contributed by atoms with Gasteiger partial charge in [0.25, 0.3) is 5.78 Å². The number of pyridine rings is 1. The van der Waals surface area contributed by atoms with Crippen LogP contribution in [0.5, 0.6) is 0 Å². The van der Waals surface area contributed by atoms with E-state index in [1.54, 1.807) is 6.07 Å². The zero-order valence-corrected chi connectivity index (χ0v) is 7.41. The molecule has 62 valence electrons. The maximum Gasteiger partial charge on any atom is 0.378 e. The van der Waals surface area contributed by atoms with Gasteiger partial charge < -0.3 is 5.11 Å². The smallest absolute Gasteiger partial charge is 0.378 e. The summed E-state index contributed by atoms with van der Waals surface area (Å²) >= 11 is 3.11. The lowest BCUT2D eigenvalue weighted by Crippen LogP contribution is -2.13. The highest BCUT2D eigenvalue weighted by Gasteiger charge is 2.14. The third kappa shape index (κ3) is 1.88. The van der Waals surface area contributed by atoms with Gasteiger partial charge in [-0.1, -0.05) is 0 Å². The first-order valence-corrected chi connectivity index (χ1v) is 3.80. The highest BCUT2D eigenvalue weighted by atomic mass is 79.9. The van der Waals surface area contributed by atoms with E-state index in [-0.39, 0.29) is 5.69 Å². The molecule has 0 bridgehead atoms. The lowest BCUT2D eigenvalue weighted by atomic mass is 10.2. The maximum absolute atomic E-state index is 10.8. The van der Waals surface area contributed by atoms with Crippen LogP contribution in [0.15, 0.2) is 22.8 Å². The number of rotatable bonds is 2. The molecule has 1 heterocycles. The number of halogens is 1. The second kappa shape index (κ2) is 3.44. The molecule has 0 atom stereocenters. The van der Waals surface area contributed by atoms with Crippen LogP contribution in [-0.4, -0.2) is 21.8 Å². The van der Waals surface area contributed by atoms with Crippen LogP contribution in [-0.2, 0) is 4.79 Å². The van der Waals surface area contributed by atoms with Crippen molar-refractivity contribution in [1.29, 1.82) is 0 Å². The largest absolute Gasteiger partial charge is 0.475 e. The number of nitrogens with zero attached hydrogens (tertiary/aromatic N) is 1. The van der Waals surface area contributed by atoms with Crippen molar-refractivity contribution < 1.29 is 14.7 Å². The first-order valence-electron chi connectivity index (χ1n) is 3.00. The second-order valence-corrected chi connectivity index (χ2v) is 2.91. The summed E-state index contributed by atoms with van der Waals surface area (Å²) in [7, 11) is 0. The molecule has 0 unspecified atom stereocenters. The average Bonchev–Trinajstić information content (AvgIpc) is 2.04. The third-order valence-corrected chi connectivity index (χ3v) is 1.62. The number of hydrogen-bond acceptors (Lipinski definition) is 3. The molecular weight excluding hydrogens is 226 g/mol. The Hall–Kier alpha value is -1.23. The average molecular weight is 230 g/mol. The van der Waals surface area contributed by atoms with Crippen molar-refractivity contribution >= 4 is 27.7 Å². The van der Waals surface area contributed by atoms with Gasteiger partial charge in [0.05, 0.1) is 0 Å². The van der Waals surface area contributed by atoms with E-state index < -0.39 is 11.8 Å². The zero-order chi connectivity index (χ0) is 9.14. The lowest BCUT2D eigenvalue weighted by molar-refractivity contribution is -0.131. The predicted molar refractivity (Wildman–Crippen MR) is 43.9 cm³/mol. The fourth-order valence-corrected chi connectivity index (χ4v) is 0.854. The molecule has 1 N–H and O–H groups in total. The van der Waals surface area contributed by atoms with Gasteiger partial charge in [0, 0.05) is 10.7 Å². The fourth-order valence-electron chi connectivity index (χ4n) is 0.620. The van der Waals surface area contributed by atoms with E-state index in [1.807, 2.05) is 0 Å². The Labute approximate surface area is 76.4 Å².